The fraction of sp³-hybridized carbons (Fsp3) is 0.235. The third-order valence-corrected chi connectivity index (χ3v) is 5.75. The predicted octanol–water partition coefficient (Wildman–Crippen LogP) is 5.52. The van der Waals surface area contributed by atoms with E-state index in [2.05, 4.69) is 32.2 Å². The third kappa shape index (κ3) is 2.85. The summed E-state index contributed by atoms with van der Waals surface area (Å²) >= 11 is 10.6. The second-order valence-electron chi connectivity index (χ2n) is 5.22. The molecule has 1 aliphatic rings. The van der Waals surface area contributed by atoms with E-state index in [0.29, 0.717) is 0 Å². The lowest BCUT2D eigenvalue weighted by Crippen LogP contribution is -2.02. The van der Waals surface area contributed by atoms with E-state index in [9.17, 15) is 0 Å². The highest BCUT2D eigenvalue weighted by Crippen LogP contribution is 2.47. The summed E-state index contributed by atoms with van der Waals surface area (Å²) < 4.78 is 6.10. The van der Waals surface area contributed by atoms with Gasteiger partial charge in [-0.25, -0.2) is 0 Å². The quantitative estimate of drug-likeness (QED) is 0.494. The summed E-state index contributed by atoms with van der Waals surface area (Å²) in [7, 11) is 0. The molecular weight excluding hydrogens is 330 g/mol. The van der Waals surface area contributed by atoms with Gasteiger partial charge >= 0.3 is 0 Å². The normalized spacial score (nSPS) is 14.0. The third-order valence-electron chi connectivity index (χ3n) is 3.85. The van der Waals surface area contributed by atoms with E-state index in [1.165, 1.54) is 22.2 Å². The Hall–Kier alpha value is -1.17. The summed E-state index contributed by atoms with van der Waals surface area (Å²) in [5.41, 5.74) is 4.52. The van der Waals surface area contributed by atoms with Crippen molar-refractivity contribution in [2.24, 2.45) is 0 Å². The molecule has 0 atom stereocenters. The van der Waals surface area contributed by atoms with E-state index < -0.39 is 0 Å². The number of allylic oxidation sites excluding steroid dienone is 1. The highest BCUT2D eigenvalue weighted by atomic mass is 32.1. The summed E-state index contributed by atoms with van der Waals surface area (Å²) in [4.78, 5) is 2.15. The van der Waals surface area contributed by atoms with Crippen LogP contribution in [-0.4, -0.2) is 6.21 Å². The van der Waals surface area contributed by atoms with Crippen molar-refractivity contribution < 1.29 is 4.74 Å². The van der Waals surface area contributed by atoms with E-state index in [1.807, 2.05) is 24.3 Å². The number of thiol groups is 2. The summed E-state index contributed by atoms with van der Waals surface area (Å²) in [6.07, 6.45) is 3.24. The lowest BCUT2D eigenvalue weighted by Gasteiger charge is -2.17. The zero-order valence-electron chi connectivity index (χ0n) is 12.2. The molecule has 22 heavy (non-hydrogen) atoms. The van der Waals surface area contributed by atoms with Gasteiger partial charge in [0.25, 0.3) is 0 Å². The fourth-order valence-corrected chi connectivity index (χ4v) is 4.38. The van der Waals surface area contributed by atoms with Crippen molar-refractivity contribution in [3.8, 4) is 10.8 Å². The molecule has 5 heteroatoms. The molecule has 1 N–H and O–H groups in total. The van der Waals surface area contributed by atoms with Crippen LogP contribution in [0.4, 0.5) is 0 Å². The first kappa shape index (κ1) is 15.7. The minimum Gasteiger partial charge on any atom is -0.446 e. The van der Waals surface area contributed by atoms with E-state index in [1.54, 1.807) is 11.3 Å². The first-order valence-corrected chi connectivity index (χ1v) is 8.96. The van der Waals surface area contributed by atoms with Crippen LogP contribution in [0.3, 0.4) is 0 Å². The molecule has 1 aliphatic carbocycles. The molecule has 2 nitrogen and oxygen atoms in total. The summed E-state index contributed by atoms with van der Waals surface area (Å²) in [5.74, 6) is 1.54. The van der Waals surface area contributed by atoms with Crippen LogP contribution in [0.15, 0.2) is 29.8 Å². The topological polar surface area (TPSA) is 33.1 Å². The van der Waals surface area contributed by atoms with Crippen LogP contribution in [0.5, 0.6) is 10.8 Å². The molecule has 0 fully saturated rings. The van der Waals surface area contributed by atoms with Crippen molar-refractivity contribution >= 4 is 47.7 Å². The summed E-state index contributed by atoms with van der Waals surface area (Å²) in [5, 5.41) is 8.41. The zero-order chi connectivity index (χ0) is 15.7. The standard InChI is InChI=1S/C17H17NOS3/c1-10-14-7-4-12(8-18)16(21)15(14)17(22-10)19-13-5-2-11(9-20)3-6-13/h2-3,5-6,8,18,20-21H,4,7,9H2,1H3. The molecule has 0 saturated heterocycles. The Bertz CT molecular complexity index is 744. The number of hydrogen-bond donors (Lipinski definition) is 3. The second-order valence-corrected chi connectivity index (χ2v) is 7.17. The highest BCUT2D eigenvalue weighted by molar-refractivity contribution is 7.90. The second kappa shape index (κ2) is 6.52. The van der Waals surface area contributed by atoms with Crippen molar-refractivity contribution in [1.82, 2.24) is 0 Å². The van der Waals surface area contributed by atoms with E-state index >= 15 is 0 Å². The number of thiophene rings is 1. The highest BCUT2D eigenvalue weighted by Gasteiger charge is 2.24. The van der Waals surface area contributed by atoms with Crippen molar-refractivity contribution in [3.63, 3.8) is 0 Å². The maximum atomic E-state index is 7.54. The summed E-state index contributed by atoms with van der Waals surface area (Å²) in [6.45, 7) is 2.12. The first-order valence-electron chi connectivity index (χ1n) is 7.07. The van der Waals surface area contributed by atoms with Gasteiger partial charge in [0.1, 0.15) is 5.75 Å². The van der Waals surface area contributed by atoms with Crippen LogP contribution in [0.1, 0.15) is 28.0 Å². The minimum atomic E-state index is 0.722. The number of fused-ring (bicyclic) bond motifs is 1. The van der Waals surface area contributed by atoms with Gasteiger partial charge < -0.3 is 10.1 Å². The van der Waals surface area contributed by atoms with E-state index in [-0.39, 0.29) is 0 Å². The molecule has 0 amide bonds. The van der Waals surface area contributed by atoms with Gasteiger partial charge in [0, 0.05) is 27.3 Å². The first-order chi connectivity index (χ1) is 10.6. The molecule has 0 aliphatic heterocycles. The number of rotatable bonds is 4. The maximum Gasteiger partial charge on any atom is 0.189 e. The van der Waals surface area contributed by atoms with Gasteiger partial charge in [0.15, 0.2) is 5.06 Å². The molecule has 0 bridgehead atoms. The van der Waals surface area contributed by atoms with E-state index in [0.717, 1.165) is 45.4 Å². The van der Waals surface area contributed by atoms with Gasteiger partial charge in [-0.15, -0.1) is 24.0 Å². The molecule has 0 saturated carbocycles. The van der Waals surface area contributed by atoms with Gasteiger partial charge in [-0.2, -0.15) is 12.6 Å². The van der Waals surface area contributed by atoms with Crippen LogP contribution in [0.25, 0.3) is 4.91 Å². The lowest BCUT2D eigenvalue weighted by molar-refractivity contribution is 0.494. The SMILES string of the molecule is Cc1sc(Oc2ccc(CS)cc2)c2c1CCC(C=N)=C2S. The van der Waals surface area contributed by atoms with Gasteiger partial charge in [-0.1, -0.05) is 12.1 Å². The lowest BCUT2D eigenvalue weighted by atomic mass is 9.94. The monoisotopic (exact) mass is 347 g/mol. The molecule has 0 spiro atoms. The largest absolute Gasteiger partial charge is 0.446 e. The molecule has 114 valence electrons. The van der Waals surface area contributed by atoms with Crippen LogP contribution >= 0.6 is 36.6 Å². The zero-order valence-corrected chi connectivity index (χ0v) is 14.8. The number of hydrogen-bond acceptors (Lipinski definition) is 5. The van der Waals surface area contributed by atoms with Crippen molar-refractivity contribution in [2.45, 2.75) is 25.5 Å². The van der Waals surface area contributed by atoms with Crippen LogP contribution in [0.2, 0.25) is 0 Å². The number of benzene rings is 1. The number of nitrogens with one attached hydrogen (secondary N) is 1. The minimum absolute atomic E-state index is 0.722. The van der Waals surface area contributed by atoms with Crippen LogP contribution < -0.4 is 4.74 Å². The Balaban J connectivity index is 1.99. The Labute approximate surface area is 145 Å². The van der Waals surface area contributed by atoms with Crippen LogP contribution in [0, 0.1) is 12.3 Å². The van der Waals surface area contributed by atoms with Gasteiger partial charge in [0.2, 0.25) is 0 Å². The van der Waals surface area contributed by atoms with Gasteiger partial charge in [-0.05, 0) is 48.6 Å². The molecule has 1 aromatic carbocycles. The van der Waals surface area contributed by atoms with E-state index in [4.69, 9.17) is 10.1 Å². The fourth-order valence-electron chi connectivity index (χ4n) is 2.61. The van der Waals surface area contributed by atoms with Crippen molar-refractivity contribution in [3.05, 3.63) is 51.4 Å². The Morgan fingerprint density at radius 3 is 2.64 bits per heavy atom. The van der Waals surface area contributed by atoms with Gasteiger partial charge in [-0.3, -0.25) is 0 Å². The molecule has 3 rings (SSSR count). The average Bonchev–Trinajstić information content (AvgIpc) is 2.85. The van der Waals surface area contributed by atoms with Gasteiger partial charge in [0.05, 0.1) is 0 Å². The van der Waals surface area contributed by atoms with Crippen molar-refractivity contribution in [1.29, 1.82) is 5.41 Å². The average molecular weight is 348 g/mol. The maximum absolute atomic E-state index is 7.54. The molecule has 2 aromatic rings. The number of ether oxygens (including phenoxy) is 1. The molecular formula is C17H17NOS3. The Morgan fingerprint density at radius 2 is 2.00 bits per heavy atom. The molecule has 0 radical (unpaired) electrons. The van der Waals surface area contributed by atoms with Crippen molar-refractivity contribution in [2.75, 3.05) is 0 Å². The number of aryl methyl sites for hydroxylation is 1. The predicted molar refractivity (Wildman–Crippen MR) is 101 cm³/mol. The Kier molecular flexibility index (Phi) is 4.66. The smallest absolute Gasteiger partial charge is 0.189 e. The summed E-state index contributed by atoms with van der Waals surface area (Å²) in [6, 6.07) is 7.98. The Morgan fingerprint density at radius 1 is 1.27 bits per heavy atom. The molecule has 1 aromatic heterocycles. The molecule has 0 unspecified atom stereocenters. The molecule has 1 heterocycles. The van der Waals surface area contributed by atoms with Crippen LogP contribution in [-0.2, 0) is 12.2 Å².